The van der Waals surface area contributed by atoms with Crippen LogP contribution in [0.1, 0.15) is 65.2 Å². The average molecular weight is 278 g/mol. The molecule has 1 N–H and O–H groups in total. The van der Waals surface area contributed by atoms with Crippen molar-refractivity contribution in [2.75, 3.05) is 19.6 Å². The molecule has 2 nitrogen and oxygen atoms in total. The minimum atomic E-state index is 0.760. The zero-order valence-corrected chi connectivity index (χ0v) is 13.6. The van der Waals surface area contributed by atoms with E-state index in [1.165, 1.54) is 71.0 Å². The molecule has 1 aliphatic heterocycles. The number of piperidine rings is 1. The van der Waals surface area contributed by atoms with Gasteiger partial charge >= 0.3 is 0 Å². The highest BCUT2D eigenvalue weighted by atomic mass is 15.2. The molecule has 20 heavy (non-hydrogen) atoms. The third-order valence-corrected chi connectivity index (χ3v) is 6.19. The van der Waals surface area contributed by atoms with Crippen LogP contribution in [-0.2, 0) is 0 Å². The Bertz CT molecular complexity index is 294. The number of rotatable bonds is 6. The van der Waals surface area contributed by atoms with Crippen molar-refractivity contribution in [3.05, 3.63) is 0 Å². The molecule has 3 unspecified atom stereocenters. The van der Waals surface area contributed by atoms with Crippen LogP contribution in [0.2, 0.25) is 0 Å². The highest BCUT2D eigenvalue weighted by molar-refractivity contribution is 4.91. The fourth-order valence-corrected chi connectivity index (χ4v) is 4.44. The molecular weight excluding hydrogens is 244 g/mol. The molecular formula is C18H34N2. The molecule has 2 saturated carbocycles. The van der Waals surface area contributed by atoms with Gasteiger partial charge in [0, 0.05) is 25.2 Å². The lowest BCUT2D eigenvalue weighted by molar-refractivity contribution is 0.0913. The summed E-state index contributed by atoms with van der Waals surface area (Å²) in [5.41, 5.74) is 0. The first-order chi connectivity index (χ1) is 9.76. The number of likely N-dealkylation sites (tertiary alicyclic amines) is 1. The minimum Gasteiger partial charge on any atom is -0.312 e. The van der Waals surface area contributed by atoms with Crippen molar-refractivity contribution in [3.8, 4) is 0 Å². The van der Waals surface area contributed by atoms with Gasteiger partial charge in [0.2, 0.25) is 0 Å². The van der Waals surface area contributed by atoms with E-state index in [9.17, 15) is 0 Å². The summed E-state index contributed by atoms with van der Waals surface area (Å²) in [6.07, 6.45) is 11.6. The summed E-state index contributed by atoms with van der Waals surface area (Å²) in [6.45, 7) is 8.80. The van der Waals surface area contributed by atoms with E-state index in [0.29, 0.717) is 0 Å². The standard InChI is InChI=1S/C18H34N2/c1-3-15-10-18(19-11-16-6-4-5-7-16)13-20(12-15)14(2)17-8-9-17/h14-19H,3-13H2,1-2H3. The Balaban J connectivity index is 1.49. The van der Waals surface area contributed by atoms with E-state index in [0.717, 1.165) is 29.8 Å². The predicted molar refractivity (Wildman–Crippen MR) is 85.9 cm³/mol. The number of nitrogens with one attached hydrogen (secondary N) is 1. The van der Waals surface area contributed by atoms with Gasteiger partial charge in [0.15, 0.2) is 0 Å². The first-order valence-electron chi connectivity index (χ1n) is 9.23. The van der Waals surface area contributed by atoms with Crippen molar-refractivity contribution in [3.63, 3.8) is 0 Å². The average Bonchev–Trinajstić information content (AvgIpc) is 3.20. The predicted octanol–water partition coefficient (Wildman–Crippen LogP) is 3.67. The van der Waals surface area contributed by atoms with Gasteiger partial charge in [-0.25, -0.2) is 0 Å². The van der Waals surface area contributed by atoms with Crippen LogP contribution < -0.4 is 5.32 Å². The van der Waals surface area contributed by atoms with E-state index >= 15 is 0 Å². The zero-order chi connectivity index (χ0) is 13.9. The van der Waals surface area contributed by atoms with Crippen molar-refractivity contribution in [2.45, 2.75) is 77.3 Å². The second kappa shape index (κ2) is 6.79. The van der Waals surface area contributed by atoms with Gasteiger partial charge in [-0.15, -0.1) is 0 Å². The molecule has 0 amide bonds. The normalized spacial score (nSPS) is 34.5. The van der Waals surface area contributed by atoms with E-state index in [4.69, 9.17) is 0 Å². The van der Waals surface area contributed by atoms with Crippen molar-refractivity contribution in [1.82, 2.24) is 10.2 Å². The Kier molecular flexibility index (Phi) is 5.04. The quantitative estimate of drug-likeness (QED) is 0.797. The molecule has 1 saturated heterocycles. The Morgan fingerprint density at radius 3 is 2.45 bits per heavy atom. The van der Waals surface area contributed by atoms with Crippen LogP contribution in [0.3, 0.4) is 0 Å². The maximum Gasteiger partial charge on any atom is 0.0198 e. The topological polar surface area (TPSA) is 15.3 Å². The molecule has 0 spiro atoms. The Morgan fingerprint density at radius 1 is 1.05 bits per heavy atom. The monoisotopic (exact) mass is 278 g/mol. The van der Waals surface area contributed by atoms with Gasteiger partial charge in [-0.2, -0.15) is 0 Å². The van der Waals surface area contributed by atoms with Gasteiger partial charge in [-0.1, -0.05) is 26.2 Å². The number of nitrogens with zero attached hydrogens (tertiary/aromatic N) is 1. The Hall–Kier alpha value is -0.0800. The van der Waals surface area contributed by atoms with E-state index in [-0.39, 0.29) is 0 Å². The lowest BCUT2D eigenvalue weighted by Crippen LogP contribution is -2.53. The summed E-state index contributed by atoms with van der Waals surface area (Å²) >= 11 is 0. The largest absolute Gasteiger partial charge is 0.312 e. The van der Waals surface area contributed by atoms with E-state index in [1.807, 2.05) is 0 Å². The molecule has 3 aliphatic rings. The highest BCUT2D eigenvalue weighted by Gasteiger charge is 2.36. The first kappa shape index (κ1) is 14.8. The molecule has 0 aromatic carbocycles. The van der Waals surface area contributed by atoms with Gasteiger partial charge in [0.05, 0.1) is 0 Å². The molecule has 2 heteroatoms. The van der Waals surface area contributed by atoms with Crippen LogP contribution in [0.15, 0.2) is 0 Å². The molecule has 3 fully saturated rings. The van der Waals surface area contributed by atoms with Gasteiger partial charge in [0.25, 0.3) is 0 Å². The molecule has 0 aromatic heterocycles. The van der Waals surface area contributed by atoms with Crippen molar-refractivity contribution in [2.24, 2.45) is 17.8 Å². The van der Waals surface area contributed by atoms with E-state index in [2.05, 4.69) is 24.1 Å². The fraction of sp³-hybridized carbons (Fsp3) is 1.00. The highest BCUT2D eigenvalue weighted by Crippen LogP contribution is 2.37. The summed E-state index contributed by atoms with van der Waals surface area (Å²) in [5.74, 6) is 2.92. The molecule has 116 valence electrons. The van der Waals surface area contributed by atoms with Gasteiger partial charge in [0.1, 0.15) is 0 Å². The maximum absolute atomic E-state index is 3.93. The van der Waals surface area contributed by atoms with E-state index < -0.39 is 0 Å². The third-order valence-electron chi connectivity index (χ3n) is 6.19. The molecule has 3 atom stereocenters. The van der Waals surface area contributed by atoms with Crippen LogP contribution in [0.25, 0.3) is 0 Å². The Morgan fingerprint density at radius 2 is 1.80 bits per heavy atom. The summed E-state index contributed by atoms with van der Waals surface area (Å²) < 4.78 is 0. The van der Waals surface area contributed by atoms with E-state index in [1.54, 1.807) is 0 Å². The number of hydrogen-bond acceptors (Lipinski definition) is 2. The first-order valence-corrected chi connectivity index (χ1v) is 9.23. The van der Waals surface area contributed by atoms with Crippen LogP contribution in [0.4, 0.5) is 0 Å². The second-order valence-corrected chi connectivity index (χ2v) is 7.80. The smallest absolute Gasteiger partial charge is 0.0198 e. The van der Waals surface area contributed by atoms with Crippen LogP contribution in [0.5, 0.6) is 0 Å². The summed E-state index contributed by atoms with van der Waals surface area (Å²) in [5, 5.41) is 3.93. The SMILES string of the molecule is CCC1CC(NCC2CCCC2)CN(C(C)C2CC2)C1. The second-order valence-electron chi connectivity index (χ2n) is 7.80. The van der Waals surface area contributed by atoms with Gasteiger partial charge < -0.3 is 5.32 Å². The van der Waals surface area contributed by atoms with Gasteiger partial charge in [-0.05, 0) is 63.3 Å². The maximum atomic E-state index is 3.93. The van der Waals surface area contributed by atoms with Crippen LogP contribution in [-0.4, -0.2) is 36.6 Å². The lowest BCUT2D eigenvalue weighted by atomic mass is 9.90. The van der Waals surface area contributed by atoms with Crippen molar-refractivity contribution < 1.29 is 0 Å². The minimum absolute atomic E-state index is 0.760. The molecule has 3 rings (SSSR count). The van der Waals surface area contributed by atoms with Gasteiger partial charge in [-0.3, -0.25) is 4.90 Å². The van der Waals surface area contributed by atoms with Crippen molar-refractivity contribution >= 4 is 0 Å². The molecule has 0 aromatic rings. The molecule has 0 radical (unpaired) electrons. The Labute approximate surface area is 125 Å². The zero-order valence-electron chi connectivity index (χ0n) is 13.6. The lowest BCUT2D eigenvalue weighted by Gasteiger charge is -2.41. The fourth-order valence-electron chi connectivity index (χ4n) is 4.44. The number of hydrogen-bond donors (Lipinski definition) is 1. The van der Waals surface area contributed by atoms with Crippen molar-refractivity contribution in [1.29, 1.82) is 0 Å². The third kappa shape index (κ3) is 3.76. The molecule has 1 heterocycles. The summed E-state index contributed by atoms with van der Waals surface area (Å²) in [6, 6.07) is 1.59. The molecule has 0 bridgehead atoms. The summed E-state index contributed by atoms with van der Waals surface area (Å²) in [4.78, 5) is 2.81. The summed E-state index contributed by atoms with van der Waals surface area (Å²) in [7, 11) is 0. The van der Waals surface area contributed by atoms with Crippen LogP contribution >= 0.6 is 0 Å². The van der Waals surface area contributed by atoms with Crippen LogP contribution in [0, 0.1) is 17.8 Å². The molecule has 2 aliphatic carbocycles.